The Balaban J connectivity index is 0.000000142. The van der Waals surface area contributed by atoms with Crippen LogP contribution in [0.4, 0.5) is 13.2 Å². The molecule has 0 spiro atoms. The molecule has 6 aromatic heterocycles. The van der Waals surface area contributed by atoms with Crippen molar-refractivity contribution in [3.8, 4) is 33.4 Å². The number of rotatable bonds is 12. The van der Waals surface area contributed by atoms with Crippen LogP contribution in [-0.2, 0) is 34.0 Å². The summed E-state index contributed by atoms with van der Waals surface area (Å²) in [5.41, 5.74) is 7.83. The lowest BCUT2D eigenvalue weighted by Crippen LogP contribution is -2.22. The SMILES string of the molecule is CN(C)C(=O)CCn1cc(-c2c[nH]c3cc(F)ccc23)cn1.CNC(=O)CCn1cc(-c2c[nH]c3cc(F)ccc23)cn1.O=C(O)CCn1cc(-c2c[nH]c3cc(F)ccc23)cn1. The highest BCUT2D eigenvalue weighted by Gasteiger charge is 2.13. The molecule has 9 rings (SSSR count). The number of aryl methyl sites for hydroxylation is 3. The third kappa shape index (κ3) is 10.5. The number of benzene rings is 3. The zero-order chi connectivity index (χ0) is 44.6. The van der Waals surface area contributed by atoms with Crippen molar-refractivity contribution in [2.45, 2.75) is 38.9 Å². The van der Waals surface area contributed by atoms with Gasteiger partial charge >= 0.3 is 5.97 Å². The van der Waals surface area contributed by atoms with Gasteiger partial charge < -0.3 is 30.3 Å². The number of carbonyl (C=O) groups excluding carboxylic acids is 2. The maximum atomic E-state index is 13.2. The van der Waals surface area contributed by atoms with Crippen molar-refractivity contribution >= 4 is 50.5 Å². The van der Waals surface area contributed by atoms with Crippen molar-refractivity contribution in [1.82, 2.24) is 54.5 Å². The number of carbonyl (C=O) groups is 3. The molecule has 0 aliphatic heterocycles. The van der Waals surface area contributed by atoms with Crippen molar-refractivity contribution in [3.63, 3.8) is 0 Å². The lowest BCUT2D eigenvalue weighted by atomic mass is 10.1. The van der Waals surface area contributed by atoms with Crippen LogP contribution < -0.4 is 5.32 Å². The van der Waals surface area contributed by atoms with Gasteiger partial charge in [-0.1, -0.05) is 0 Å². The third-order valence-corrected chi connectivity index (χ3v) is 10.2. The van der Waals surface area contributed by atoms with Gasteiger partial charge in [-0.3, -0.25) is 28.4 Å². The molecule has 9 aromatic rings. The van der Waals surface area contributed by atoms with Crippen LogP contribution in [0.3, 0.4) is 0 Å². The molecule has 3 aromatic carbocycles. The Kier molecular flexibility index (Phi) is 13.2. The Bertz CT molecular complexity index is 3030. The van der Waals surface area contributed by atoms with Gasteiger partial charge in [0.05, 0.1) is 31.6 Å². The van der Waals surface area contributed by atoms with Crippen molar-refractivity contribution in [2.24, 2.45) is 0 Å². The standard InChI is InChI=1S/C16H17FN4O.C15H15FN4O.C14H12FN3O2/c1-20(2)16(22)5-6-21-10-11(8-19-21)14-9-18-15-7-12(17)3-4-13(14)15;1-17-15(21)4-5-20-9-10(7-19-20)13-8-18-14-6-11(16)2-3-12(13)14;15-10-1-2-11-12(7-16-13(11)5-10)9-6-17-18(8-9)4-3-14(19)20/h3-4,7-10,18H,5-6H2,1-2H3;2-3,6-9,18H,4-5H2,1H3,(H,17,21);1-2,5-8,16H,3-4H2,(H,19,20). The first-order chi connectivity index (χ1) is 30.3. The van der Waals surface area contributed by atoms with Crippen LogP contribution >= 0.6 is 0 Å². The van der Waals surface area contributed by atoms with E-state index in [0.717, 1.165) is 66.1 Å². The molecule has 18 heteroatoms. The summed E-state index contributed by atoms with van der Waals surface area (Å²) in [6, 6.07) is 13.9. The summed E-state index contributed by atoms with van der Waals surface area (Å²) >= 11 is 0. The van der Waals surface area contributed by atoms with Crippen molar-refractivity contribution in [2.75, 3.05) is 21.1 Å². The van der Waals surface area contributed by atoms with Gasteiger partial charge in [-0.15, -0.1) is 0 Å². The number of aromatic amines is 3. The maximum absolute atomic E-state index is 13.2. The number of fused-ring (bicyclic) bond motifs is 3. The fourth-order valence-electron chi connectivity index (χ4n) is 6.87. The van der Waals surface area contributed by atoms with E-state index in [2.05, 4.69) is 35.6 Å². The molecule has 63 heavy (non-hydrogen) atoms. The predicted molar refractivity (Wildman–Crippen MR) is 233 cm³/mol. The Hall–Kier alpha value is -7.89. The van der Waals surface area contributed by atoms with Gasteiger partial charge in [0.25, 0.3) is 0 Å². The monoisotopic (exact) mass is 859 g/mol. The topological polar surface area (TPSA) is 188 Å². The summed E-state index contributed by atoms with van der Waals surface area (Å²) < 4.78 is 44.6. The van der Waals surface area contributed by atoms with Crippen molar-refractivity contribution in [3.05, 3.63) is 128 Å². The summed E-state index contributed by atoms with van der Waals surface area (Å²) in [5, 5.41) is 26.7. The van der Waals surface area contributed by atoms with E-state index < -0.39 is 5.97 Å². The van der Waals surface area contributed by atoms with E-state index >= 15 is 0 Å². The highest BCUT2D eigenvalue weighted by molar-refractivity contribution is 5.97. The molecule has 15 nitrogen and oxygen atoms in total. The molecule has 0 aliphatic carbocycles. The fourth-order valence-corrected chi connectivity index (χ4v) is 6.87. The third-order valence-electron chi connectivity index (χ3n) is 10.2. The van der Waals surface area contributed by atoms with Gasteiger partial charge in [-0.25, -0.2) is 13.2 Å². The summed E-state index contributed by atoms with van der Waals surface area (Å²) in [6.45, 7) is 1.39. The number of hydrogen-bond donors (Lipinski definition) is 5. The smallest absolute Gasteiger partial charge is 0.305 e. The Morgan fingerprint density at radius 1 is 0.603 bits per heavy atom. The van der Waals surface area contributed by atoms with Crippen molar-refractivity contribution < 1.29 is 32.7 Å². The summed E-state index contributed by atoms with van der Waals surface area (Å²) in [7, 11) is 5.09. The van der Waals surface area contributed by atoms with E-state index in [1.807, 2.05) is 24.8 Å². The Morgan fingerprint density at radius 2 is 0.968 bits per heavy atom. The first-order valence-corrected chi connectivity index (χ1v) is 19.9. The molecule has 0 saturated carbocycles. The largest absolute Gasteiger partial charge is 0.481 e. The van der Waals surface area contributed by atoms with Crippen LogP contribution in [0.25, 0.3) is 66.1 Å². The second kappa shape index (κ2) is 19.2. The predicted octanol–water partition coefficient (Wildman–Crippen LogP) is 7.60. The Morgan fingerprint density at radius 3 is 1.32 bits per heavy atom. The molecular formula is C45H44F3N11O4. The van der Waals surface area contributed by atoms with Crippen LogP contribution in [-0.4, -0.2) is 93.2 Å². The Labute approximate surface area is 358 Å². The average molecular weight is 860 g/mol. The molecule has 0 radical (unpaired) electrons. The van der Waals surface area contributed by atoms with E-state index in [4.69, 9.17) is 5.11 Å². The number of carboxylic acid groups (broad SMARTS) is 1. The van der Waals surface area contributed by atoms with Gasteiger partial charge in [0, 0.05) is 150 Å². The number of H-pyrrole nitrogens is 3. The van der Waals surface area contributed by atoms with Gasteiger partial charge in [-0.2, -0.15) is 15.3 Å². The average Bonchev–Trinajstić information content (AvgIpc) is 4.13. The highest BCUT2D eigenvalue weighted by Crippen LogP contribution is 2.31. The summed E-state index contributed by atoms with van der Waals surface area (Å²) in [5.74, 6) is -1.63. The second-order valence-electron chi connectivity index (χ2n) is 14.8. The summed E-state index contributed by atoms with van der Waals surface area (Å²) in [6.07, 6.45) is 17.0. The molecule has 5 N–H and O–H groups in total. The normalized spacial score (nSPS) is 11.0. The zero-order valence-corrected chi connectivity index (χ0v) is 34.6. The lowest BCUT2D eigenvalue weighted by molar-refractivity contribution is -0.137. The number of aromatic nitrogens is 9. The number of hydrogen-bond acceptors (Lipinski definition) is 6. The molecule has 6 heterocycles. The first-order valence-electron chi connectivity index (χ1n) is 19.9. The van der Waals surface area contributed by atoms with E-state index in [1.54, 1.807) is 89.3 Å². The second-order valence-corrected chi connectivity index (χ2v) is 14.8. The zero-order valence-electron chi connectivity index (χ0n) is 34.6. The number of aliphatic carboxylic acids is 1. The lowest BCUT2D eigenvalue weighted by Gasteiger charge is -2.09. The van der Waals surface area contributed by atoms with Crippen molar-refractivity contribution in [1.29, 1.82) is 0 Å². The molecule has 0 unspecified atom stereocenters. The molecule has 0 aliphatic rings. The van der Waals surface area contributed by atoms with Crippen LogP contribution in [0.15, 0.2) is 110 Å². The van der Waals surface area contributed by atoms with Gasteiger partial charge in [0.1, 0.15) is 17.5 Å². The number of carboxylic acids is 1. The van der Waals surface area contributed by atoms with Gasteiger partial charge in [0.2, 0.25) is 11.8 Å². The molecule has 0 saturated heterocycles. The number of amides is 2. The quantitative estimate of drug-likeness (QED) is 0.0837. The fraction of sp³-hybridized carbons (Fsp3) is 0.200. The summed E-state index contributed by atoms with van der Waals surface area (Å²) in [4.78, 5) is 44.1. The van der Waals surface area contributed by atoms with Crippen LogP contribution in [0.5, 0.6) is 0 Å². The first kappa shape index (κ1) is 43.2. The number of nitrogens with zero attached hydrogens (tertiary/aromatic N) is 7. The molecule has 0 bridgehead atoms. The van der Waals surface area contributed by atoms with Crippen LogP contribution in [0, 0.1) is 17.5 Å². The van der Waals surface area contributed by atoms with E-state index in [9.17, 15) is 27.6 Å². The molecule has 2 amide bonds. The highest BCUT2D eigenvalue weighted by atomic mass is 19.1. The van der Waals surface area contributed by atoms with E-state index in [0.29, 0.717) is 32.5 Å². The van der Waals surface area contributed by atoms with E-state index in [-0.39, 0.29) is 35.7 Å². The molecule has 0 fully saturated rings. The van der Waals surface area contributed by atoms with Gasteiger partial charge in [0.15, 0.2) is 0 Å². The van der Waals surface area contributed by atoms with Crippen LogP contribution in [0.2, 0.25) is 0 Å². The number of nitrogens with one attached hydrogen (secondary N) is 4. The molecule has 0 atom stereocenters. The van der Waals surface area contributed by atoms with Crippen LogP contribution in [0.1, 0.15) is 19.3 Å². The molecular weight excluding hydrogens is 816 g/mol. The number of halogens is 3. The minimum Gasteiger partial charge on any atom is -0.481 e. The molecule has 324 valence electrons. The maximum Gasteiger partial charge on any atom is 0.305 e. The van der Waals surface area contributed by atoms with Gasteiger partial charge in [-0.05, 0) is 54.6 Å². The van der Waals surface area contributed by atoms with E-state index in [1.165, 1.54) is 36.4 Å². The minimum atomic E-state index is -0.857. The minimum absolute atomic E-state index is 0.0189.